The molecule has 9 nitrogen and oxygen atoms in total. The Balaban J connectivity index is 2.36. The summed E-state index contributed by atoms with van der Waals surface area (Å²) in [6, 6.07) is 6.59. The van der Waals surface area contributed by atoms with Gasteiger partial charge < -0.3 is 24.3 Å². The number of nitrogens with one attached hydrogen (secondary N) is 1. The number of benzene rings is 2. The highest BCUT2D eigenvalue weighted by molar-refractivity contribution is 6.32. The van der Waals surface area contributed by atoms with Gasteiger partial charge in [-0.2, -0.15) is 5.11 Å². The van der Waals surface area contributed by atoms with Gasteiger partial charge in [0.15, 0.2) is 11.5 Å². The number of ketones is 1. The second-order valence-electron chi connectivity index (χ2n) is 5.92. The third-order valence-corrected chi connectivity index (χ3v) is 4.34. The molecule has 2 rings (SSSR count). The molecule has 30 heavy (non-hydrogen) atoms. The van der Waals surface area contributed by atoms with Crippen LogP contribution in [0.15, 0.2) is 40.6 Å². The topological polar surface area (TPSA) is 108 Å². The Hall–Kier alpha value is -3.33. The van der Waals surface area contributed by atoms with Crippen LogP contribution >= 0.6 is 11.6 Å². The number of carbonyl (C=O) groups excluding carboxylic acids is 2. The number of rotatable bonds is 9. The average Bonchev–Trinajstić information content (AvgIpc) is 2.74. The summed E-state index contributed by atoms with van der Waals surface area (Å²) in [5.74, 6) is 0.162. The Kier molecular flexibility index (Phi) is 7.99. The third kappa shape index (κ3) is 5.18. The minimum Gasteiger partial charge on any atom is -0.495 e. The average molecular weight is 436 g/mol. The fraction of sp³-hybridized carbons (Fsp3) is 0.300. The van der Waals surface area contributed by atoms with Crippen LogP contribution in [-0.2, 0) is 9.59 Å². The molecule has 1 amide bonds. The molecule has 160 valence electrons. The van der Waals surface area contributed by atoms with Crippen molar-refractivity contribution >= 4 is 34.7 Å². The number of carbonyl (C=O) groups is 2. The van der Waals surface area contributed by atoms with Gasteiger partial charge in [0.2, 0.25) is 6.04 Å². The number of methoxy groups -OCH3 is 4. The molecule has 1 N–H and O–H groups in total. The van der Waals surface area contributed by atoms with Crippen LogP contribution in [0.2, 0.25) is 5.02 Å². The summed E-state index contributed by atoms with van der Waals surface area (Å²) < 4.78 is 20.9. The van der Waals surface area contributed by atoms with Crippen molar-refractivity contribution in [1.82, 2.24) is 0 Å². The zero-order valence-corrected chi connectivity index (χ0v) is 17.9. The van der Waals surface area contributed by atoms with Gasteiger partial charge in [0.05, 0.1) is 39.1 Å². The van der Waals surface area contributed by atoms with Crippen molar-refractivity contribution in [3.05, 3.63) is 35.4 Å². The highest BCUT2D eigenvalue weighted by Crippen LogP contribution is 2.38. The van der Waals surface area contributed by atoms with Gasteiger partial charge in [0, 0.05) is 12.1 Å². The Bertz CT molecular complexity index is 942. The van der Waals surface area contributed by atoms with Gasteiger partial charge in [-0.25, -0.2) is 0 Å². The summed E-state index contributed by atoms with van der Waals surface area (Å²) >= 11 is 6.08. The van der Waals surface area contributed by atoms with E-state index < -0.39 is 17.7 Å². The van der Waals surface area contributed by atoms with Crippen molar-refractivity contribution in [1.29, 1.82) is 0 Å². The van der Waals surface area contributed by atoms with Crippen molar-refractivity contribution < 1.29 is 28.5 Å². The quantitative estimate of drug-likeness (QED) is 0.470. The van der Waals surface area contributed by atoms with E-state index >= 15 is 0 Å². The number of hydrogen-bond donors (Lipinski definition) is 1. The van der Waals surface area contributed by atoms with Gasteiger partial charge in [-0.05, 0) is 19.1 Å². The van der Waals surface area contributed by atoms with Crippen LogP contribution in [-0.4, -0.2) is 46.2 Å². The van der Waals surface area contributed by atoms with Gasteiger partial charge in [-0.1, -0.05) is 17.7 Å². The maximum absolute atomic E-state index is 12.8. The van der Waals surface area contributed by atoms with Gasteiger partial charge in [0.25, 0.3) is 5.91 Å². The Morgan fingerprint density at radius 2 is 1.50 bits per heavy atom. The number of nitrogens with zero attached hydrogens (tertiary/aromatic N) is 2. The standard InChI is InChI=1S/C20H22ClN3O6/c1-11(25)18(23-24-19-14(27-2)7-6-8-15(19)28-3)20(26)22-13-10-16(29-4)12(21)9-17(13)30-5/h6-10,18H,1-5H3,(H,22,26). The first-order valence-corrected chi connectivity index (χ1v) is 9.08. The van der Waals surface area contributed by atoms with Crippen LogP contribution in [0.1, 0.15) is 6.92 Å². The minimum atomic E-state index is -1.41. The first-order chi connectivity index (χ1) is 14.4. The van der Waals surface area contributed by atoms with E-state index in [1.165, 1.54) is 47.5 Å². The maximum atomic E-state index is 12.8. The van der Waals surface area contributed by atoms with Crippen LogP contribution < -0.4 is 24.3 Å². The van der Waals surface area contributed by atoms with E-state index in [4.69, 9.17) is 30.5 Å². The van der Waals surface area contributed by atoms with Crippen molar-refractivity contribution in [3.63, 3.8) is 0 Å². The number of Topliss-reactive ketones (excluding diaryl/α,β-unsaturated/α-hetero) is 1. The van der Waals surface area contributed by atoms with E-state index in [0.29, 0.717) is 28.0 Å². The van der Waals surface area contributed by atoms with E-state index in [0.717, 1.165) is 0 Å². The molecule has 1 unspecified atom stereocenters. The van der Waals surface area contributed by atoms with E-state index in [2.05, 4.69) is 15.5 Å². The first kappa shape index (κ1) is 23.0. The summed E-state index contributed by atoms with van der Waals surface area (Å²) in [5, 5.41) is 10.9. The zero-order chi connectivity index (χ0) is 22.3. The fourth-order valence-corrected chi connectivity index (χ4v) is 2.75. The van der Waals surface area contributed by atoms with Crippen molar-refractivity contribution in [3.8, 4) is 23.0 Å². The van der Waals surface area contributed by atoms with Crippen LogP contribution in [0.25, 0.3) is 0 Å². The lowest BCUT2D eigenvalue weighted by molar-refractivity contribution is -0.126. The highest BCUT2D eigenvalue weighted by atomic mass is 35.5. The van der Waals surface area contributed by atoms with Crippen LogP contribution in [0.4, 0.5) is 11.4 Å². The van der Waals surface area contributed by atoms with Crippen LogP contribution in [0.3, 0.4) is 0 Å². The molecule has 0 radical (unpaired) electrons. The summed E-state index contributed by atoms with van der Waals surface area (Å²) in [5.41, 5.74) is 0.521. The monoisotopic (exact) mass is 435 g/mol. The predicted molar refractivity (Wildman–Crippen MR) is 112 cm³/mol. The number of amides is 1. The second-order valence-corrected chi connectivity index (χ2v) is 6.32. The Labute approximate surface area is 178 Å². The molecule has 0 aliphatic heterocycles. The van der Waals surface area contributed by atoms with Gasteiger partial charge in [0.1, 0.15) is 23.0 Å². The Morgan fingerprint density at radius 3 is 2.00 bits per heavy atom. The molecule has 0 saturated carbocycles. The number of azo groups is 1. The molecule has 0 heterocycles. The molecule has 0 bridgehead atoms. The molecule has 0 spiro atoms. The van der Waals surface area contributed by atoms with E-state index in [1.54, 1.807) is 18.2 Å². The molecular weight excluding hydrogens is 414 g/mol. The van der Waals surface area contributed by atoms with Crippen molar-refractivity contribution in [2.45, 2.75) is 13.0 Å². The number of hydrogen-bond acceptors (Lipinski definition) is 8. The zero-order valence-electron chi connectivity index (χ0n) is 17.2. The molecular formula is C20H22ClN3O6. The molecule has 0 saturated heterocycles. The SMILES string of the molecule is COc1cc(NC(=O)C(N=Nc2c(OC)cccc2OC)C(C)=O)c(OC)cc1Cl. The molecule has 10 heteroatoms. The maximum Gasteiger partial charge on any atom is 0.258 e. The number of ether oxygens (including phenoxy) is 4. The van der Waals surface area contributed by atoms with E-state index in [9.17, 15) is 9.59 Å². The molecule has 1 atom stereocenters. The van der Waals surface area contributed by atoms with Gasteiger partial charge >= 0.3 is 0 Å². The van der Waals surface area contributed by atoms with Gasteiger partial charge in [-0.3, -0.25) is 9.59 Å². The van der Waals surface area contributed by atoms with Crippen molar-refractivity contribution in [2.24, 2.45) is 10.2 Å². The van der Waals surface area contributed by atoms with E-state index in [-0.39, 0.29) is 11.4 Å². The molecule has 0 fully saturated rings. The predicted octanol–water partition coefficient (Wildman–Crippen LogP) is 4.05. The van der Waals surface area contributed by atoms with E-state index in [1.807, 2.05) is 0 Å². The first-order valence-electron chi connectivity index (χ1n) is 8.70. The molecule has 0 aromatic heterocycles. The van der Waals surface area contributed by atoms with Gasteiger partial charge in [-0.15, -0.1) is 5.11 Å². The molecule has 0 aliphatic rings. The highest BCUT2D eigenvalue weighted by Gasteiger charge is 2.25. The lowest BCUT2D eigenvalue weighted by Gasteiger charge is -2.15. The van der Waals surface area contributed by atoms with Crippen molar-refractivity contribution in [2.75, 3.05) is 33.8 Å². The van der Waals surface area contributed by atoms with Crippen LogP contribution in [0, 0.1) is 0 Å². The smallest absolute Gasteiger partial charge is 0.258 e. The number of halogens is 1. The minimum absolute atomic E-state index is 0.257. The summed E-state index contributed by atoms with van der Waals surface area (Å²) in [4.78, 5) is 24.8. The molecule has 2 aromatic carbocycles. The largest absolute Gasteiger partial charge is 0.495 e. The summed E-state index contributed by atoms with van der Waals surface area (Å²) in [6.45, 7) is 1.24. The molecule has 0 aliphatic carbocycles. The normalized spacial score (nSPS) is 11.7. The summed E-state index contributed by atoms with van der Waals surface area (Å²) in [7, 11) is 5.78. The number of anilines is 1. The van der Waals surface area contributed by atoms with Crippen LogP contribution in [0.5, 0.6) is 23.0 Å². The lowest BCUT2D eigenvalue weighted by Crippen LogP contribution is -2.32. The lowest BCUT2D eigenvalue weighted by atomic mass is 10.2. The fourth-order valence-electron chi connectivity index (χ4n) is 2.52. The second kappa shape index (κ2) is 10.4. The molecule has 2 aromatic rings. The summed E-state index contributed by atoms with van der Waals surface area (Å²) in [6.07, 6.45) is 0. The Morgan fingerprint density at radius 1 is 0.933 bits per heavy atom. The third-order valence-electron chi connectivity index (χ3n) is 4.04.